The Labute approximate surface area is 108 Å². The summed E-state index contributed by atoms with van der Waals surface area (Å²) in [5.41, 5.74) is 0.0660. The maximum Gasteiger partial charge on any atom is 0.272 e. The van der Waals surface area contributed by atoms with E-state index in [2.05, 4.69) is 0 Å². The van der Waals surface area contributed by atoms with Crippen molar-refractivity contribution in [1.82, 2.24) is 0 Å². The van der Waals surface area contributed by atoms with Crippen LogP contribution in [0.1, 0.15) is 44.9 Å². The molecule has 0 unspecified atom stereocenters. The van der Waals surface area contributed by atoms with E-state index in [1.165, 1.54) is 19.3 Å². The first-order chi connectivity index (χ1) is 8.34. The topological polar surface area (TPSA) is 71.4 Å². The average molecular weight is 272 g/mol. The van der Waals surface area contributed by atoms with Gasteiger partial charge in [0.05, 0.1) is 0 Å². The third-order valence-corrected chi connectivity index (χ3v) is 5.77. The van der Waals surface area contributed by atoms with Gasteiger partial charge in [0.15, 0.2) is 5.78 Å². The largest absolute Gasteiger partial charge is 0.298 e. The van der Waals surface area contributed by atoms with Crippen LogP contribution in [0.4, 0.5) is 0 Å². The predicted molar refractivity (Wildman–Crippen MR) is 66.6 cm³/mol. The summed E-state index contributed by atoms with van der Waals surface area (Å²) in [6.45, 7) is 0. The highest BCUT2D eigenvalue weighted by molar-refractivity contribution is 7.86. The van der Waals surface area contributed by atoms with Crippen LogP contribution in [-0.4, -0.2) is 24.5 Å². The van der Waals surface area contributed by atoms with Crippen molar-refractivity contribution in [2.75, 3.05) is 5.75 Å². The molecule has 0 radical (unpaired) electrons. The van der Waals surface area contributed by atoms with Gasteiger partial charge < -0.3 is 0 Å². The second kappa shape index (κ2) is 4.04. The van der Waals surface area contributed by atoms with E-state index in [-0.39, 0.29) is 11.2 Å². The Morgan fingerprint density at radius 1 is 1.06 bits per heavy atom. The summed E-state index contributed by atoms with van der Waals surface area (Å²) in [5, 5.41) is 0. The van der Waals surface area contributed by atoms with Crippen LogP contribution < -0.4 is 0 Å². The molecule has 1 N–H and O–H groups in total. The van der Waals surface area contributed by atoms with Gasteiger partial charge >= 0.3 is 0 Å². The minimum atomic E-state index is -4.16. The molecule has 0 aromatic carbocycles. The number of hydrogen-bond acceptors (Lipinski definition) is 3. The lowest BCUT2D eigenvalue weighted by atomic mass is 9.48. The normalized spacial score (nSPS) is 42.2. The van der Waals surface area contributed by atoms with Gasteiger partial charge in [0.1, 0.15) is 5.75 Å². The van der Waals surface area contributed by atoms with Crippen LogP contribution in [0.2, 0.25) is 0 Å². The van der Waals surface area contributed by atoms with Crippen molar-refractivity contribution in [3.05, 3.63) is 0 Å². The molecule has 4 aliphatic carbocycles. The summed E-state index contributed by atoms with van der Waals surface area (Å²) in [6, 6.07) is 0. The number of ketones is 1. The average Bonchev–Trinajstić information content (AvgIpc) is 2.09. The van der Waals surface area contributed by atoms with Gasteiger partial charge in [-0.1, -0.05) is 0 Å². The lowest BCUT2D eigenvalue weighted by Crippen LogP contribution is -2.47. The van der Waals surface area contributed by atoms with E-state index < -0.39 is 15.9 Å². The van der Waals surface area contributed by atoms with Crippen LogP contribution in [0.3, 0.4) is 0 Å². The van der Waals surface area contributed by atoms with Crippen LogP contribution in [0.15, 0.2) is 0 Å². The quantitative estimate of drug-likeness (QED) is 0.795. The van der Waals surface area contributed by atoms with Crippen molar-refractivity contribution in [1.29, 1.82) is 0 Å². The van der Waals surface area contributed by atoms with E-state index in [1.54, 1.807) is 0 Å². The summed E-state index contributed by atoms with van der Waals surface area (Å²) in [5.74, 6) is 1.27. The Balaban J connectivity index is 1.71. The zero-order valence-electron chi connectivity index (χ0n) is 10.5. The molecular formula is C13H20O4S. The molecule has 0 saturated heterocycles. The molecule has 4 aliphatic rings. The summed E-state index contributed by atoms with van der Waals surface area (Å²) < 4.78 is 30.3. The zero-order valence-corrected chi connectivity index (χ0v) is 11.3. The third-order valence-electron chi connectivity index (χ3n) is 5.08. The van der Waals surface area contributed by atoms with Gasteiger partial charge in [-0.05, 0) is 61.7 Å². The summed E-state index contributed by atoms with van der Waals surface area (Å²) in [6.07, 6.45) is 7.57. The molecule has 5 heteroatoms. The second-order valence-corrected chi connectivity index (χ2v) is 8.31. The highest BCUT2D eigenvalue weighted by atomic mass is 32.2. The minimum absolute atomic E-state index is 0.0660. The van der Waals surface area contributed by atoms with Crippen molar-refractivity contribution in [3.8, 4) is 0 Å². The van der Waals surface area contributed by atoms with Crippen LogP contribution in [0, 0.1) is 23.2 Å². The summed E-state index contributed by atoms with van der Waals surface area (Å²) >= 11 is 0. The Hall–Kier alpha value is -0.420. The number of carbonyl (C=O) groups excluding carboxylic acids is 1. The zero-order chi connectivity index (χ0) is 13.0. The van der Waals surface area contributed by atoms with E-state index >= 15 is 0 Å². The minimum Gasteiger partial charge on any atom is -0.298 e. The fraction of sp³-hybridized carbons (Fsp3) is 0.923. The molecule has 18 heavy (non-hydrogen) atoms. The first-order valence-corrected chi connectivity index (χ1v) is 8.41. The van der Waals surface area contributed by atoms with Crippen molar-refractivity contribution in [2.45, 2.75) is 44.9 Å². The maximum absolute atomic E-state index is 11.8. The van der Waals surface area contributed by atoms with Crippen molar-refractivity contribution in [2.24, 2.45) is 23.2 Å². The Kier molecular flexibility index (Phi) is 2.83. The van der Waals surface area contributed by atoms with Gasteiger partial charge in [0.25, 0.3) is 10.1 Å². The molecule has 0 spiro atoms. The highest BCUT2D eigenvalue weighted by Crippen LogP contribution is 2.61. The van der Waals surface area contributed by atoms with Gasteiger partial charge in [-0.25, -0.2) is 0 Å². The van der Waals surface area contributed by atoms with Crippen molar-refractivity contribution >= 4 is 15.9 Å². The van der Waals surface area contributed by atoms with Gasteiger partial charge in [-0.15, -0.1) is 0 Å². The molecule has 102 valence electrons. The highest BCUT2D eigenvalue weighted by Gasteiger charge is 2.51. The molecule has 0 aliphatic heterocycles. The molecule has 4 rings (SSSR count). The number of hydrogen-bond donors (Lipinski definition) is 1. The molecule has 0 atom stereocenters. The second-order valence-electron chi connectivity index (χ2n) is 6.86. The van der Waals surface area contributed by atoms with Crippen LogP contribution >= 0.6 is 0 Å². The molecule has 4 bridgehead atoms. The molecule has 4 saturated carbocycles. The van der Waals surface area contributed by atoms with E-state index in [1.807, 2.05) is 0 Å². The Morgan fingerprint density at radius 2 is 1.50 bits per heavy atom. The molecule has 0 amide bonds. The molecule has 4 fully saturated rings. The maximum atomic E-state index is 11.8. The smallest absolute Gasteiger partial charge is 0.272 e. The van der Waals surface area contributed by atoms with Gasteiger partial charge in [-0.2, -0.15) is 8.42 Å². The van der Waals surface area contributed by atoms with E-state index in [0.29, 0.717) is 6.42 Å². The monoisotopic (exact) mass is 272 g/mol. The fourth-order valence-corrected chi connectivity index (χ4v) is 5.69. The SMILES string of the molecule is O=C(CC12CC3CC(CC(C3)C1)C2)CS(=O)(=O)O. The fourth-order valence-electron chi connectivity index (χ4n) is 5.18. The molecule has 0 heterocycles. The lowest BCUT2D eigenvalue weighted by molar-refractivity contribution is -0.125. The predicted octanol–water partition coefficient (Wildman–Crippen LogP) is 2.05. The van der Waals surface area contributed by atoms with Crippen LogP contribution in [0.5, 0.6) is 0 Å². The number of rotatable bonds is 4. The number of carbonyl (C=O) groups is 1. The molecule has 0 aromatic rings. The Morgan fingerprint density at radius 3 is 1.89 bits per heavy atom. The summed E-state index contributed by atoms with van der Waals surface area (Å²) in [4.78, 5) is 11.8. The molecule has 0 aromatic heterocycles. The number of Topliss-reactive ketones (excluding diaryl/α,β-unsaturated/α-hetero) is 1. The van der Waals surface area contributed by atoms with E-state index in [9.17, 15) is 13.2 Å². The standard InChI is InChI=1S/C13H20O4S/c14-12(8-18(15,16)17)7-13-4-9-1-10(5-13)3-11(2-9)6-13/h9-11H,1-8H2,(H,15,16,17). The third kappa shape index (κ3) is 2.48. The van der Waals surface area contributed by atoms with Gasteiger partial charge in [0, 0.05) is 6.42 Å². The molecule has 4 nitrogen and oxygen atoms in total. The van der Waals surface area contributed by atoms with Gasteiger partial charge in [0.2, 0.25) is 0 Å². The first-order valence-electron chi connectivity index (χ1n) is 6.80. The van der Waals surface area contributed by atoms with Crippen molar-refractivity contribution < 1.29 is 17.8 Å². The van der Waals surface area contributed by atoms with E-state index in [4.69, 9.17) is 4.55 Å². The van der Waals surface area contributed by atoms with E-state index in [0.717, 1.165) is 37.0 Å². The van der Waals surface area contributed by atoms with Gasteiger partial charge in [-0.3, -0.25) is 9.35 Å². The molecular weight excluding hydrogens is 252 g/mol. The first kappa shape index (κ1) is 12.6. The van der Waals surface area contributed by atoms with Crippen LogP contribution in [0.25, 0.3) is 0 Å². The van der Waals surface area contributed by atoms with Crippen molar-refractivity contribution in [3.63, 3.8) is 0 Å². The summed E-state index contributed by atoms with van der Waals surface area (Å²) in [7, 11) is -4.16. The van der Waals surface area contributed by atoms with Crippen LogP contribution in [-0.2, 0) is 14.9 Å². The Bertz CT molecular complexity index is 430. The lowest BCUT2D eigenvalue weighted by Gasteiger charge is -2.56.